The fraction of sp³-hybridized carbons (Fsp3) is 0.179. The van der Waals surface area contributed by atoms with Gasteiger partial charge in [0.1, 0.15) is 12.4 Å². The number of para-hydroxylation sites is 3. The number of aryl methyl sites for hydroxylation is 1. The summed E-state index contributed by atoms with van der Waals surface area (Å²) in [6.07, 6.45) is 0.229. The van der Waals surface area contributed by atoms with Crippen LogP contribution in [0.15, 0.2) is 90.0 Å². The molecule has 10 heteroatoms. The van der Waals surface area contributed by atoms with Crippen molar-refractivity contribution < 1.29 is 31.6 Å². The van der Waals surface area contributed by atoms with Crippen LogP contribution in [0.2, 0.25) is 0 Å². The van der Waals surface area contributed by atoms with Gasteiger partial charge in [0.25, 0.3) is 10.1 Å². The maximum absolute atomic E-state index is 12.7. The van der Waals surface area contributed by atoms with Gasteiger partial charge in [-0.2, -0.15) is 8.42 Å². The number of nitrogens with zero attached hydrogens (tertiary/aromatic N) is 2. The fourth-order valence-electron chi connectivity index (χ4n) is 3.42. The van der Waals surface area contributed by atoms with Gasteiger partial charge < -0.3 is 14.2 Å². The number of aromatic nitrogens is 2. The Bertz CT molecular complexity index is 1520. The van der Waals surface area contributed by atoms with E-state index in [2.05, 4.69) is 9.97 Å². The van der Waals surface area contributed by atoms with Crippen LogP contribution >= 0.6 is 0 Å². The molecule has 1 heterocycles. The van der Waals surface area contributed by atoms with Crippen LogP contribution in [-0.4, -0.2) is 37.6 Å². The number of methoxy groups -OCH3 is 1. The molecular formula is C28H26N2O7S. The number of esters is 1. The molecule has 0 spiro atoms. The lowest BCUT2D eigenvalue weighted by molar-refractivity contribution is -0.141. The van der Waals surface area contributed by atoms with Crippen molar-refractivity contribution in [2.45, 2.75) is 31.5 Å². The summed E-state index contributed by atoms with van der Waals surface area (Å²) in [7, 11) is -2.58. The van der Waals surface area contributed by atoms with Gasteiger partial charge in [0.15, 0.2) is 23.4 Å². The third-order valence-corrected chi connectivity index (χ3v) is 6.80. The predicted octanol–water partition coefficient (Wildman–Crippen LogP) is 4.74. The van der Waals surface area contributed by atoms with Gasteiger partial charge in [0.2, 0.25) is 0 Å². The Morgan fingerprint density at radius 1 is 0.895 bits per heavy atom. The van der Waals surface area contributed by atoms with Crippen LogP contribution in [0.25, 0.3) is 11.4 Å². The van der Waals surface area contributed by atoms with Gasteiger partial charge in [-0.05, 0) is 56.3 Å². The zero-order chi connectivity index (χ0) is 27.1. The number of carbonyl (C=O) groups excluding carboxylic acids is 1. The molecule has 4 rings (SSSR count). The molecular weight excluding hydrogens is 508 g/mol. The molecule has 0 aliphatic carbocycles. The van der Waals surface area contributed by atoms with Crippen molar-refractivity contribution in [2.75, 3.05) is 7.11 Å². The molecule has 1 aromatic heterocycles. The molecule has 196 valence electrons. The summed E-state index contributed by atoms with van der Waals surface area (Å²) in [4.78, 5) is 21.5. The van der Waals surface area contributed by atoms with E-state index in [1.165, 1.54) is 25.1 Å². The molecule has 9 nitrogen and oxygen atoms in total. The molecule has 1 atom stereocenters. The van der Waals surface area contributed by atoms with Gasteiger partial charge in [-0.25, -0.2) is 14.8 Å². The smallest absolute Gasteiger partial charge is 0.342 e. The van der Waals surface area contributed by atoms with Gasteiger partial charge in [-0.3, -0.25) is 4.18 Å². The van der Waals surface area contributed by atoms with E-state index in [0.717, 1.165) is 11.1 Å². The van der Waals surface area contributed by atoms with E-state index in [4.69, 9.17) is 18.4 Å². The summed E-state index contributed by atoms with van der Waals surface area (Å²) in [6.45, 7) is 3.20. The normalized spacial score (nSPS) is 12.0. The van der Waals surface area contributed by atoms with Crippen LogP contribution in [0.4, 0.5) is 0 Å². The molecule has 0 aliphatic rings. The van der Waals surface area contributed by atoms with Crippen molar-refractivity contribution in [3.05, 3.63) is 96.3 Å². The van der Waals surface area contributed by atoms with Gasteiger partial charge in [-0.1, -0.05) is 42.0 Å². The topological polar surface area (TPSA) is 114 Å². The van der Waals surface area contributed by atoms with E-state index in [1.807, 2.05) is 31.2 Å². The molecule has 0 saturated carbocycles. The summed E-state index contributed by atoms with van der Waals surface area (Å²) in [6, 6.07) is 21.8. The van der Waals surface area contributed by atoms with E-state index >= 15 is 0 Å². The van der Waals surface area contributed by atoms with E-state index < -0.39 is 22.2 Å². The third-order valence-electron chi connectivity index (χ3n) is 5.41. The van der Waals surface area contributed by atoms with Crippen molar-refractivity contribution in [1.29, 1.82) is 0 Å². The average molecular weight is 535 g/mol. The highest BCUT2D eigenvalue weighted by Gasteiger charge is 2.26. The Morgan fingerprint density at radius 3 is 2.26 bits per heavy atom. The molecule has 3 aromatic carbocycles. The first-order chi connectivity index (χ1) is 18.3. The first-order valence-electron chi connectivity index (χ1n) is 11.7. The zero-order valence-corrected chi connectivity index (χ0v) is 21.8. The average Bonchev–Trinajstić information content (AvgIpc) is 2.92. The number of benzene rings is 3. The first kappa shape index (κ1) is 26.8. The molecule has 0 saturated heterocycles. The zero-order valence-electron chi connectivity index (χ0n) is 21.0. The quantitative estimate of drug-likeness (QED) is 0.162. The standard InChI is InChI=1S/C28H26N2O7S/c1-19-12-14-22(15-13-19)38(32,33)37-20(2)28(31)36-26-11-7-6-10-25(26)35-18-21-16-17-29-27(30-21)23-8-4-5-9-24(23)34-3/h4-17,20H,18H2,1-3H3. The number of hydrogen-bond donors (Lipinski definition) is 0. The van der Waals surface area contributed by atoms with Gasteiger partial charge in [-0.15, -0.1) is 0 Å². The number of rotatable bonds is 10. The van der Waals surface area contributed by atoms with Crippen LogP contribution in [-0.2, 0) is 25.7 Å². The van der Waals surface area contributed by atoms with Crippen molar-refractivity contribution in [1.82, 2.24) is 9.97 Å². The summed E-state index contributed by atoms with van der Waals surface area (Å²) >= 11 is 0. The van der Waals surface area contributed by atoms with Gasteiger partial charge in [0.05, 0.1) is 23.3 Å². The first-order valence-corrected chi connectivity index (χ1v) is 13.1. The van der Waals surface area contributed by atoms with Crippen molar-refractivity contribution in [2.24, 2.45) is 0 Å². The molecule has 0 amide bonds. The van der Waals surface area contributed by atoms with Crippen molar-refractivity contribution in [3.63, 3.8) is 0 Å². The molecule has 0 bridgehead atoms. The minimum absolute atomic E-state index is 0.0520. The Kier molecular flexibility index (Phi) is 8.35. The summed E-state index contributed by atoms with van der Waals surface area (Å²) in [5.41, 5.74) is 2.22. The van der Waals surface area contributed by atoms with E-state index in [9.17, 15) is 13.2 Å². The highest BCUT2D eigenvalue weighted by Crippen LogP contribution is 2.29. The second kappa shape index (κ2) is 11.8. The van der Waals surface area contributed by atoms with Gasteiger partial charge in [0, 0.05) is 6.20 Å². The minimum atomic E-state index is -4.16. The van der Waals surface area contributed by atoms with Crippen LogP contribution < -0.4 is 14.2 Å². The molecule has 4 aromatic rings. The molecule has 0 radical (unpaired) electrons. The SMILES string of the molecule is COc1ccccc1-c1nccc(COc2ccccc2OC(=O)C(C)OS(=O)(=O)c2ccc(C)cc2)n1. The summed E-state index contributed by atoms with van der Waals surface area (Å²) in [5.74, 6) is 0.608. The molecule has 38 heavy (non-hydrogen) atoms. The Labute approximate surface area is 221 Å². The number of ether oxygens (including phenoxy) is 3. The fourth-order valence-corrected chi connectivity index (χ4v) is 4.46. The van der Waals surface area contributed by atoms with Gasteiger partial charge >= 0.3 is 5.97 Å². The van der Waals surface area contributed by atoms with E-state index in [-0.39, 0.29) is 23.0 Å². The van der Waals surface area contributed by atoms with Crippen molar-refractivity contribution in [3.8, 4) is 28.6 Å². The highest BCUT2D eigenvalue weighted by atomic mass is 32.2. The van der Waals surface area contributed by atoms with E-state index in [1.54, 1.807) is 49.7 Å². The second-order valence-corrected chi connectivity index (χ2v) is 9.81. The van der Waals surface area contributed by atoms with Crippen LogP contribution in [0.5, 0.6) is 17.2 Å². The maximum atomic E-state index is 12.7. The molecule has 0 N–H and O–H groups in total. The van der Waals surface area contributed by atoms with Crippen molar-refractivity contribution >= 4 is 16.1 Å². The lowest BCUT2D eigenvalue weighted by atomic mass is 10.2. The molecule has 0 aliphatic heterocycles. The Hall–Kier alpha value is -4.28. The number of hydrogen-bond acceptors (Lipinski definition) is 9. The van der Waals surface area contributed by atoms with Crippen LogP contribution in [0.1, 0.15) is 18.2 Å². The summed E-state index contributed by atoms with van der Waals surface area (Å²) in [5, 5.41) is 0. The monoisotopic (exact) mass is 534 g/mol. The number of carbonyl (C=O) groups is 1. The second-order valence-electron chi connectivity index (χ2n) is 8.23. The third kappa shape index (κ3) is 6.53. The molecule has 1 unspecified atom stereocenters. The van der Waals surface area contributed by atoms with Crippen LogP contribution in [0.3, 0.4) is 0 Å². The lowest BCUT2D eigenvalue weighted by Crippen LogP contribution is -2.28. The summed E-state index contributed by atoms with van der Waals surface area (Å²) < 4.78 is 46.8. The highest BCUT2D eigenvalue weighted by molar-refractivity contribution is 7.86. The predicted molar refractivity (Wildman–Crippen MR) is 139 cm³/mol. The van der Waals surface area contributed by atoms with E-state index in [0.29, 0.717) is 17.3 Å². The largest absolute Gasteiger partial charge is 0.496 e. The molecule has 0 fully saturated rings. The Balaban J connectivity index is 1.43. The Morgan fingerprint density at radius 2 is 1.55 bits per heavy atom. The van der Waals surface area contributed by atoms with Crippen LogP contribution in [0, 0.1) is 6.92 Å². The maximum Gasteiger partial charge on any atom is 0.342 e. The minimum Gasteiger partial charge on any atom is -0.496 e. The lowest BCUT2D eigenvalue weighted by Gasteiger charge is -2.15.